The fraction of sp³-hybridized carbons (Fsp3) is 0.528. The number of phenols is 2. The van der Waals surface area contributed by atoms with Crippen LogP contribution in [0.1, 0.15) is 43.2 Å². The van der Waals surface area contributed by atoms with Crippen molar-refractivity contribution < 1.29 is 34.2 Å². The minimum Gasteiger partial charge on any atom is -0.508 e. The van der Waals surface area contributed by atoms with Crippen molar-refractivity contribution in [2.45, 2.75) is 75.2 Å². The van der Waals surface area contributed by atoms with Gasteiger partial charge in [-0.15, -0.1) is 0 Å². The molecule has 17 heteroatoms. The molecular formula is C36H56N10O7. The van der Waals surface area contributed by atoms with Crippen molar-refractivity contribution in [1.29, 1.82) is 0 Å². The van der Waals surface area contributed by atoms with Crippen LogP contribution in [-0.2, 0) is 36.8 Å². The molecule has 5 amide bonds. The predicted octanol–water partition coefficient (Wildman–Crippen LogP) is -2.45. The standard InChI is InChI=1S/C36H56N10O7/c1-40-15-4-6-26-34(51)46-29(36(53)44-25(5-3-12-37)33(50)45-27(11-13-38)32(49)42-16-14-39)20-24-18-22(8-10-31(24)48)21-7-9-30(47)23(17-21)19-28(41-2)35(52)43-26/h7-10,17-18,25-29,40-41,47-48H,3-6,11-16,19-20,37-39H2,1-2H3,(H,42,49)(H,43,52)(H,44,53)(H,45,50)(H,46,51)/t25-,26-,27-,28-,29-/m0/s1. The lowest BCUT2D eigenvalue weighted by molar-refractivity contribution is -0.135. The first-order valence-corrected chi connectivity index (χ1v) is 18.0. The Morgan fingerprint density at radius 3 is 2.00 bits per heavy atom. The van der Waals surface area contributed by atoms with Crippen molar-refractivity contribution in [1.82, 2.24) is 37.2 Å². The van der Waals surface area contributed by atoms with Crippen LogP contribution in [0.4, 0.5) is 0 Å². The number of carbonyl (C=O) groups excluding carboxylic acids is 5. The molecule has 5 atom stereocenters. The van der Waals surface area contributed by atoms with Crippen LogP contribution in [0.25, 0.3) is 11.1 Å². The summed E-state index contributed by atoms with van der Waals surface area (Å²) in [6.45, 7) is 1.25. The quantitative estimate of drug-likeness (QED) is 0.0754. The summed E-state index contributed by atoms with van der Waals surface area (Å²) in [4.78, 5) is 68.0. The van der Waals surface area contributed by atoms with Crippen LogP contribution in [-0.4, -0.2) is 117 Å². The average molecular weight is 741 g/mol. The van der Waals surface area contributed by atoms with E-state index in [2.05, 4.69) is 37.2 Å². The van der Waals surface area contributed by atoms with Gasteiger partial charge < -0.3 is 64.6 Å². The SMILES string of the molecule is CNCCC[C@@H]1NC(=O)[C@@H](NC)Cc2cc(ccc2O)-c2ccc(O)c(c2)C[C@@H](C(=O)N[C@@H](CCCN)C(=O)N[C@@H](CCN)C(=O)NCCN)NC1=O. The fourth-order valence-electron chi connectivity index (χ4n) is 6.02. The highest BCUT2D eigenvalue weighted by Crippen LogP contribution is 2.31. The minimum atomic E-state index is -1.33. The number of nitrogens with two attached hydrogens (primary N) is 3. The average Bonchev–Trinajstić information content (AvgIpc) is 3.14. The van der Waals surface area contributed by atoms with Crippen LogP contribution in [0.2, 0.25) is 0 Å². The first kappa shape index (κ1) is 42.6. The summed E-state index contributed by atoms with van der Waals surface area (Å²) in [6, 6.07) is 4.44. The Morgan fingerprint density at radius 1 is 0.774 bits per heavy atom. The van der Waals surface area contributed by atoms with E-state index < -0.39 is 59.7 Å². The van der Waals surface area contributed by atoms with Crippen molar-refractivity contribution >= 4 is 29.5 Å². The van der Waals surface area contributed by atoms with Gasteiger partial charge in [0.05, 0.1) is 6.04 Å². The Bertz CT molecular complexity index is 1560. The van der Waals surface area contributed by atoms with Crippen LogP contribution < -0.4 is 54.4 Å². The fourth-order valence-corrected chi connectivity index (χ4v) is 6.02. The molecule has 0 unspecified atom stereocenters. The number of carbonyl (C=O) groups is 5. The van der Waals surface area contributed by atoms with E-state index in [-0.39, 0.29) is 69.8 Å². The number of fused-ring (bicyclic) bond motifs is 5. The number of amides is 5. The van der Waals surface area contributed by atoms with Gasteiger partial charge in [0.15, 0.2) is 0 Å². The van der Waals surface area contributed by atoms with Crippen molar-refractivity contribution in [3.05, 3.63) is 47.5 Å². The number of aromatic hydroxyl groups is 2. The van der Waals surface area contributed by atoms with Gasteiger partial charge in [-0.25, -0.2) is 0 Å². The zero-order chi connectivity index (χ0) is 38.9. The molecule has 17 nitrogen and oxygen atoms in total. The van der Waals surface area contributed by atoms with E-state index >= 15 is 0 Å². The summed E-state index contributed by atoms with van der Waals surface area (Å²) in [7, 11) is 3.36. The van der Waals surface area contributed by atoms with Crippen LogP contribution in [0.3, 0.4) is 0 Å². The molecule has 1 aliphatic rings. The monoisotopic (exact) mass is 740 g/mol. The number of likely N-dealkylation sites (N-methyl/N-ethyl adjacent to an activating group) is 1. The second-order valence-electron chi connectivity index (χ2n) is 13.0. The molecule has 292 valence electrons. The molecule has 0 fully saturated rings. The second-order valence-corrected chi connectivity index (χ2v) is 13.0. The van der Waals surface area contributed by atoms with E-state index in [9.17, 15) is 34.2 Å². The summed E-state index contributed by atoms with van der Waals surface area (Å²) in [5.74, 6) is -3.16. The highest BCUT2D eigenvalue weighted by molar-refractivity contribution is 5.96. The second kappa shape index (κ2) is 21.7. The Balaban J connectivity index is 2.05. The van der Waals surface area contributed by atoms with Crippen LogP contribution in [0, 0.1) is 0 Å². The molecule has 53 heavy (non-hydrogen) atoms. The normalized spacial score (nSPS) is 18.7. The summed E-state index contributed by atoms with van der Waals surface area (Å²) < 4.78 is 0. The third-order valence-corrected chi connectivity index (χ3v) is 9.05. The third kappa shape index (κ3) is 12.7. The Kier molecular flexibility index (Phi) is 17.4. The maximum Gasteiger partial charge on any atom is 0.243 e. The Morgan fingerprint density at radius 2 is 1.42 bits per heavy atom. The number of benzene rings is 2. The molecule has 15 N–H and O–H groups in total. The number of nitrogens with one attached hydrogen (secondary N) is 7. The molecule has 0 saturated carbocycles. The Labute approximate surface area is 310 Å². The summed E-state index contributed by atoms with van der Waals surface area (Å²) >= 11 is 0. The zero-order valence-electron chi connectivity index (χ0n) is 30.5. The minimum absolute atomic E-state index is 0.0103. The first-order chi connectivity index (χ1) is 25.4. The van der Waals surface area contributed by atoms with Crippen molar-refractivity contribution in [2.75, 3.05) is 46.8 Å². The Hall–Kier alpha value is -4.81. The van der Waals surface area contributed by atoms with Gasteiger partial charge >= 0.3 is 0 Å². The molecule has 4 bridgehead atoms. The maximum absolute atomic E-state index is 14.2. The van der Waals surface area contributed by atoms with Crippen molar-refractivity contribution in [3.63, 3.8) is 0 Å². The van der Waals surface area contributed by atoms with Gasteiger partial charge in [0.25, 0.3) is 0 Å². The molecule has 0 spiro atoms. The predicted molar refractivity (Wildman–Crippen MR) is 200 cm³/mol. The molecule has 2 aromatic carbocycles. The van der Waals surface area contributed by atoms with E-state index in [0.29, 0.717) is 41.6 Å². The van der Waals surface area contributed by atoms with Crippen molar-refractivity contribution in [3.8, 4) is 22.6 Å². The molecule has 0 radical (unpaired) electrons. The molecule has 0 aromatic heterocycles. The van der Waals surface area contributed by atoms with E-state index in [1.807, 2.05) is 0 Å². The number of rotatable bonds is 17. The third-order valence-electron chi connectivity index (χ3n) is 9.05. The summed E-state index contributed by atoms with van der Waals surface area (Å²) in [5, 5.41) is 41.2. The maximum atomic E-state index is 14.2. The number of hydrogen-bond donors (Lipinski definition) is 12. The van der Waals surface area contributed by atoms with Gasteiger partial charge in [-0.05, 0) is 112 Å². The van der Waals surface area contributed by atoms with Crippen LogP contribution >= 0.6 is 0 Å². The topological polar surface area (TPSA) is 288 Å². The first-order valence-electron chi connectivity index (χ1n) is 18.0. The number of phenolic OH excluding ortho intramolecular Hbond substituents is 2. The van der Waals surface area contributed by atoms with Gasteiger partial charge in [0, 0.05) is 25.9 Å². The van der Waals surface area contributed by atoms with E-state index in [1.54, 1.807) is 38.4 Å². The lowest BCUT2D eigenvalue weighted by Gasteiger charge is -2.27. The molecule has 1 heterocycles. The van der Waals surface area contributed by atoms with Crippen molar-refractivity contribution in [2.24, 2.45) is 17.2 Å². The van der Waals surface area contributed by atoms with Gasteiger partial charge in [-0.1, -0.05) is 12.1 Å². The summed E-state index contributed by atoms with van der Waals surface area (Å²) in [5.41, 5.74) is 19.1. The molecular weight excluding hydrogens is 684 g/mol. The van der Waals surface area contributed by atoms with E-state index in [1.165, 1.54) is 12.1 Å². The number of hydrogen-bond acceptors (Lipinski definition) is 12. The lowest BCUT2D eigenvalue weighted by Crippen LogP contribution is -2.59. The van der Waals surface area contributed by atoms with Crippen LogP contribution in [0.5, 0.6) is 11.5 Å². The molecule has 2 aromatic rings. The molecule has 0 saturated heterocycles. The molecule has 0 aliphatic carbocycles. The van der Waals surface area contributed by atoms with E-state index in [4.69, 9.17) is 17.2 Å². The zero-order valence-corrected chi connectivity index (χ0v) is 30.5. The van der Waals surface area contributed by atoms with Gasteiger partial charge in [-0.2, -0.15) is 0 Å². The van der Waals surface area contributed by atoms with Crippen LogP contribution in [0.15, 0.2) is 36.4 Å². The summed E-state index contributed by atoms with van der Waals surface area (Å²) in [6.07, 6.45) is 1.24. The van der Waals surface area contributed by atoms with E-state index in [0.717, 1.165) is 0 Å². The lowest BCUT2D eigenvalue weighted by atomic mass is 9.95. The van der Waals surface area contributed by atoms with Gasteiger partial charge in [-0.3, -0.25) is 24.0 Å². The highest BCUT2D eigenvalue weighted by atomic mass is 16.3. The van der Waals surface area contributed by atoms with Gasteiger partial charge in [0.2, 0.25) is 29.5 Å². The largest absolute Gasteiger partial charge is 0.508 e. The smallest absolute Gasteiger partial charge is 0.243 e. The molecule has 3 rings (SSSR count). The molecule has 1 aliphatic heterocycles. The highest BCUT2D eigenvalue weighted by Gasteiger charge is 2.33. The van der Waals surface area contributed by atoms with Gasteiger partial charge in [0.1, 0.15) is 35.7 Å².